The van der Waals surface area contributed by atoms with Crippen molar-refractivity contribution >= 4 is 17.7 Å². The van der Waals surface area contributed by atoms with Crippen LogP contribution < -0.4 is 5.32 Å². The summed E-state index contributed by atoms with van der Waals surface area (Å²) in [5.41, 5.74) is 0. The third kappa shape index (κ3) is 3.23. The van der Waals surface area contributed by atoms with Crippen LogP contribution in [0.5, 0.6) is 0 Å². The summed E-state index contributed by atoms with van der Waals surface area (Å²) in [4.78, 5) is 15.1. The van der Waals surface area contributed by atoms with E-state index < -0.39 is 0 Å². The molecule has 1 N–H and O–H groups in total. The predicted molar refractivity (Wildman–Crippen MR) is 68.0 cm³/mol. The molecule has 0 bridgehead atoms. The number of thioether (sulfide) groups is 1. The molecule has 0 saturated carbocycles. The normalized spacial score (nSPS) is 18.1. The van der Waals surface area contributed by atoms with Crippen molar-refractivity contribution in [1.82, 2.24) is 20.0 Å². The van der Waals surface area contributed by atoms with Gasteiger partial charge in [-0.2, -0.15) is 5.10 Å². The Morgan fingerprint density at radius 3 is 2.82 bits per heavy atom. The van der Waals surface area contributed by atoms with Gasteiger partial charge in [-0.25, -0.2) is 0 Å². The molecule has 0 radical (unpaired) electrons. The Labute approximate surface area is 106 Å². The zero-order valence-corrected chi connectivity index (χ0v) is 11.0. The van der Waals surface area contributed by atoms with Crippen molar-refractivity contribution in [3.63, 3.8) is 0 Å². The van der Waals surface area contributed by atoms with Gasteiger partial charge >= 0.3 is 0 Å². The molecule has 1 fully saturated rings. The second-order valence-electron chi connectivity index (χ2n) is 4.19. The van der Waals surface area contributed by atoms with Gasteiger partial charge in [0.15, 0.2) is 0 Å². The summed E-state index contributed by atoms with van der Waals surface area (Å²) in [6.07, 6.45) is 3.73. The van der Waals surface area contributed by atoms with E-state index in [1.807, 2.05) is 25.1 Å². The fourth-order valence-corrected chi connectivity index (χ4v) is 2.84. The van der Waals surface area contributed by atoms with Crippen LogP contribution in [0.3, 0.4) is 0 Å². The number of amides is 1. The first kappa shape index (κ1) is 12.4. The molecule has 0 aromatic carbocycles. The van der Waals surface area contributed by atoms with Gasteiger partial charge in [0, 0.05) is 44.3 Å². The van der Waals surface area contributed by atoms with Gasteiger partial charge in [-0.3, -0.25) is 9.48 Å². The lowest BCUT2D eigenvalue weighted by molar-refractivity contribution is -0.130. The number of hydrogen-bond acceptors (Lipinski definition) is 4. The highest BCUT2D eigenvalue weighted by molar-refractivity contribution is 8.00. The van der Waals surface area contributed by atoms with Crippen molar-refractivity contribution in [1.29, 1.82) is 0 Å². The largest absolute Gasteiger partial charge is 0.339 e. The minimum absolute atomic E-state index is 0.0442. The maximum absolute atomic E-state index is 12.2. The molecule has 1 aliphatic rings. The third-order valence-corrected chi connectivity index (χ3v) is 3.81. The van der Waals surface area contributed by atoms with Crippen LogP contribution in [-0.4, -0.2) is 52.0 Å². The maximum Gasteiger partial charge on any atom is 0.235 e. The van der Waals surface area contributed by atoms with Crippen molar-refractivity contribution in [2.24, 2.45) is 7.05 Å². The second kappa shape index (κ2) is 5.55. The number of carbonyl (C=O) groups is 1. The van der Waals surface area contributed by atoms with E-state index in [9.17, 15) is 4.79 Å². The van der Waals surface area contributed by atoms with E-state index in [0.717, 1.165) is 31.1 Å². The first-order valence-electron chi connectivity index (χ1n) is 5.81. The average Bonchev–Trinajstić information content (AvgIpc) is 2.75. The molecule has 0 aliphatic carbocycles. The Morgan fingerprint density at radius 2 is 2.24 bits per heavy atom. The van der Waals surface area contributed by atoms with Crippen LogP contribution in [0.25, 0.3) is 0 Å². The van der Waals surface area contributed by atoms with Crippen LogP contribution in [0.2, 0.25) is 0 Å². The summed E-state index contributed by atoms with van der Waals surface area (Å²) in [5, 5.41) is 7.31. The summed E-state index contributed by atoms with van der Waals surface area (Å²) in [6.45, 7) is 5.39. The van der Waals surface area contributed by atoms with Gasteiger partial charge in [0.1, 0.15) is 0 Å². The molecule has 1 amide bonds. The minimum Gasteiger partial charge on any atom is -0.339 e. The van der Waals surface area contributed by atoms with Crippen molar-refractivity contribution < 1.29 is 4.79 Å². The molecule has 1 unspecified atom stereocenters. The van der Waals surface area contributed by atoms with Crippen molar-refractivity contribution in [3.8, 4) is 0 Å². The second-order valence-corrected chi connectivity index (χ2v) is 5.60. The molecule has 1 atom stereocenters. The number of aryl methyl sites for hydroxylation is 1. The van der Waals surface area contributed by atoms with Gasteiger partial charge in [0.2, 0.25) is 5.91 Å². The van der Waals surface area contributed by atoms with E-state index in [1.54, 1.807) is 22.6 Å². The van der Waals surface area contributed by atoms with E-state index in [-0.39, 0.29) is 11.2 Å². The van der Waals surface area contributed by atoms with E-state index in [1.165, 1.54) is 0 Å². The van der Waals surface area contributed by atoms with Crippen LogP contribution in [0.15, 0.2) is 17.3 Å². The zero-order valence-electron chi connectivity index (χ0n) is 10.2. The van der Waals surface area contributed by atoms with Crippen molar-refractivity contribution in [2.45, 2.75) is 17.1 Å². The Morgan fingerprint density at radius 1 is 1.53 bits per heavy atom. The zero-order chi connectivity index (χ0) is 12.3. The summed E-state index contributed by atoms with van der Waals surface area (Å²) in [7, 11) is 1.88. The molecule has 2 heterocycles. The molecule has 1 aromatic rings. The Kier molecular flexibility index (Phi) is 4.06. The fraction of sp³-hybridized carbons (Fsp3) is 0.636. The summed E-state index contributed by atoms with van der Waals surface area (Å²) >= 11 is 1.57. The fourth-order valence-electron chi connectivity index (χ4n) is 1.86. The van der Waals surface area contributed by atoms with Gasteiger partial charge in [0.25, 0.3) is 0 Å². The quantitative estimate of drug-likeness (QED) is 0.790. The molecular weight excluding hydrogens is 236 g/mol. The number of hydrogen-bond donors (Lipinski definition) is 1. The summed E-state index contributed by atoms with van der Waals surface area (Å²) in [5.74, 6) is 0.223. The standard InChI is InChI=1S/C11H18N4OS/c1-9(17-10-7-13-14(2)8-10)11(16)15-5-3-12-4-6-15/h7-9,12H,3-6H2,1-2H3. The van der Waals surface area contributed by atoms with Gasteiger partial charge in [-0.05, 0) is 6.92 Å². The molecule has 2 rings (SSSR count). The van der Waals surface area contributed by atoms with E-state index >= 15 is 0 Å². The van der Waals surface area contributed by atoms with Crippen molar-refractivity contribution in [3.05, 3.63) is 12.4 Å². The number of aromatic nitrogens is 2. The smallest absolute Gasteiger partial charge is 0.235 e. The molecule has 1 aliphatic heterocycles. The number of nitrogens with zero attached hydrogens (tertiary/aromatic N) is 3. The number of carbonyl (C=O) groups excluding carboxylic acids is 1. The first-order valence-corrected chi connectivity index (χ1v) is 6.69. The first-order chi connectivity index (χ1) is 8.16. The van der Waals surface area contributed by atoms with Crippen molar-refractivity contribution in [2.75, 3.05) is 26.2 Å². The van der Waals surface area contributed by atoms with Crippen LogP contribution in [0.4, 0.5) is 0 Å². The third-order valence-electron chi connectivity index (χ3n) is 2.77. The lowest BCUT2D eigenvalue weighted by atomic mass is 10.3. The summed E-state index contributed by atoms with van der Waals surface area (Å²) in [6, 6.07) is 0. The summed E-state index contributed by atoms with van der Waals surface area (Å²) < 4.78 is 1.75. The molecule has 94 valence electrons. The van der Waals surface area contributed by atoms with Crippen LogP contribution in [-0.2, 0) is 11.8 Å². The molecule has 6 heteroatoms. The average molecular weight is 254 g/mol. The van der Waals surface area contributed by atoms with Gasteiger partial charge in [0.05, 0.1) is 11.4 Å². The Balaban J connectivity index is 1.90. The van der Waals surface area contributed by atoms with Gasteiger partial charge in [-0.1, -0.05) is 0 Å². The molecule has 1 aromatic heterocycles. The van der Waals surface area contributed by atoms with E-state index in [2.05, 4.69) is 10.4 Å². The number of rotatable bonds is 3. The number of nitrogens with one attached hydrogen (secondary N) is 1. The van der Waals surface area contributed by atoms with Crippen LogP contribution in [0, 0.1) is 0 Å². The molecule has 0 spiro atoms. The van der Waals surface area contributed by atoms with Crippen LogP contribution in [0.1, 0.15) is 6.92 Å². The lowest BCUT2D eigenvalue weighted by Crippen LogP contribution is -2.48. The molecule has 1 saturated heterocycles. The topological polar surface area (TPSA) is 50.2 Å². The predicted octanol–water partition coefficient (Wildman–Crippen LogP) is 0.332. The highest BCUT2D eigenvalue weighted by atomic mass is 32.2. The Hall–Kier alpha value is -1.01. The highest BCUT2D eigenvalue weighted by Crippen LogP contribution is 2.23. The van der Waals surface area contributed by atoms with E-state index in [0.29, 0.717) is 0 Å². The SMILES string of the molecule is CC(Sc1cnn(C)c1)C(=O)N1CCNCC1. The van der Waals surface area contributed by atoms with Gasteiger partial charge < -0.3 is 10.2 Å². The maximum atomic E-state index is 12.2. The number of piperazine rings is 1. The van der Waals surface area contributed by atoms with E-state index in [4.69, 9.17) is 0 Å². The molecular formula is C11H18N4OS. The molecule has 5 nitrogen and oxygen atoms in total. The van der Waals surface area contributed by atoms with Crippen LogP contribution >= 0.6 is 11.8 Å². The van der Waals surface area contributed by atoms with Gasteiger partial charge in [-0.15, -0.1) is 11.8 Å². The minimum atomic E-state index is -0.0442. The monoisotopic (exact) mass is 254 g/mol. The Bertz CT molecular complexity index is 387. The lowest BCUT2D eigenvalue weighted by Gasteiger charge is -2.29. The molecule has 17 heavy (non-hydrogen) atoms. The highest BCUT2D eigenvalue weighted by Gasteiger charge is 2.22.